The van der Waals surface area contributed by atoms with Gasteiger partial charge in [-0.1, -0.05) is 6.07 Å². The molecular formula is C13H19N5. The minimum absolute atomic E-state index is 0.711. The van der Waals surface area contributed by atoms with Gasteiger partial charge in [-0.25, -0.2) is 4.52 Å². The first-order valence-corrected chi connectivity index (χ1v) is 6.47. The van der Waals surface area contributed by atoms with Gasteiger partial charge < -0.3 is 10.2 Å². The summed E-state index contributed by atoms with van der Waals surface area (Å²) >= 11 is 0. The van der Waals surface area contributed by atoms with E-state index in [2.05, 4.69) is 40.3 Å². The number of likely N-dealkylation sites (tertiary alicyclic amines) is 1. The monoisotopic (exact) mass is 245 g/mol. The third-order valence-electron chi connectivity index (χ3n) is 3.60. The van der Waals surface area contributed by atoms with Gasteiger partial charge >= 0.3 is 0 Å². The molecule has 1 aliphatic rings. The molecule has 1 fully saturated rings. The van der Waals surface area contributed by atoms with Crippen molar-refractivity contribution in [3.05, 3.63) is 23.9 Å². The Morgan fingerprint density at radius 2 is 2.39 bits per heavy atom. The predicted molar refractivity (Wildman–Crippen MR) is 71.8 cm³/mol. The molecule has 18 heavy (non-hydrogen) atoms. The van der Waals surface area contributed by atoms with Crippen molar-refractivity contribution in [2.75, 3.05) is 32.0 Å². The highest BCUT2D eigenvalue weighted by molar-refractivity contribution is 5.49. The lowest BCUT2D eigenvalue weighted by Gasteiger charge is -2.09. The highest BCUT2D eigenvalue weighted by Gasteiger charge is 2.19. The van der Waals surface area contributed by atoms with E-state index in [4.69, 9.17) is 0 Å². The van der Waals surface area contributed by atoms with E-state index < -0.39 is 0 Å². The smallest absolute Gasteiger partial charge is 0.243 e. The SMILES string of the molecule is Cc1cccn2nc(NCC3CCN(C)C3)nc12. The van der Waals surface area contributed by atoms with E-state index in [-0.39, 0.29) is 0 Å². The molecule has 2 aromatic heterocycles. The van der Waals surface area contributed by atoms with Gasteiger partial charge in [0.1, 0.15) is 0 Å². The topological polar surface area (TPSA) is 45.5 Å². The standard InChI is InChI=1S/C13H19N5/c1-10-4-3-6-18-12(10)15-13(16-18)14-8-11-5-7-17(2)9-11/h3-4,6,11H,5,7-9H2,1-2H3,(H,14,16). The van der Waals surface area contributed by atoms with E-state index in [1.54, 1.807) is 0 Å². The van der Waals surface area contributed by atoms with Gasteiger partial charge in [0.15, 0.2) is 5.65 Å². The molecule has 1 unspecified atom stereocenters. The molecule has 1 aliphatic heterocycles. The third kappa shape index (κ3) is 2.18. The predicted octanol–water partition coefficient (Wildman–Crippen LogP) is 1.40. The van der Waals surface area contributed by atoms with E-state index in [0.29, 0.717) is 5.92 Å². The molecule has 1 saturated heterocycles. The van der Waals surface area contributed by atoms with Crippen LogP contribution in [0.25, 0.3) is 5.65 Å². The van der Waals surface area contributed by atoms with Crippen molar-refractivity contribution < 1.29 is 0 Å². The van der Waals surface area contributed by atoms with Crippen LogP contribution in [0, 0.1) is 12.8 Å². The summed E-state index contributed by atoms with van der Waals surface area (Å²) in [6, 6.07) is 4.05. The Hall–Kier alpha value is -1.62. The maximum atomic E-state index is 4.52. The fraction of sp³-hybridized carbons (Fsp3) is 0.538. The zero-order valence-corrected chi connectivity index (χ0v) is 10.9. The highest BCUT2D eigenvalue weighted by Crippen LogP contribution is 2.15. The third-order valence-corrected chi connectivity index (χ3v) is 3.60. The first kappa shape index (κ1) is 11.5. The molecular weight excluding hydrogens is 226 g/mol. The minimum atomic E-state index is 0.711. The first-order valence-electron chi connectivity index (χ1n) is 6.47. The van der Waals surface area contributed by atoms with Crippen LogP contribution in [0.1, 0.15) is 12.0 Å². The Bertz CT molecular complexity index is 547. The van der Waals surface area contributed by atoms with E-state index >= 15 is 0 Å². The molecule has 0 aliphatic carbocycles. The van der Waals surface area contributed by atoms with Crippen LogP contribution in [-0.2, 0) is 0 Å². The Balaban J connectivity index is 1.69. The number of aryl methyl sites for hydroxylation is 1. The van der Waals surface area contributed by atoms with Gasteiger partial charge in [0.25, 0.3) is 0 Å². The Kier molecular flexibility index (Phi) is 2.91. The summed E-state index contributed by atoms with van der Waals surface area (Å²) < 4.78 is 1.83. The fourth-order valence-corrected chi connectivity index (χ4v) is 2.54. The van der Waals surface area contributed by atoms with Gasteiger partial charge in [-0.15, -0.1) is 5.10 Å². The van der Waals surface area contributed by atoms with Crippen LogP contribution in [0.2, 0.25) is 0 Å². The van der Waals surface area contributed by atoms with E-state index in [9.17, 15) is 0 Å². The van der Waals surface area contributed by atoms with Crippen LogP contribution in [0.5, 0.6) is 0 Å². The zero-order chi connectivity index (χ0) is 12.5. The number of anilines is 1. The molecule has 0 radical (unpaired) electrons. The summed E-state index contributed by atoms with van der Waals surface area (Å²) in [6.45, 7) is 5.38. The van der Waals surface area contributed by atoms with Crippen molar-refractivity contribution >= 4 is 11.6 Å². The van der Waals surface area contributed by atoms with Crippen LogP contribution in [0.4, 0.5) is 5.95 Å². The number of rotatable bonds is 3. The maximum Gasteiger partial charge on any atom is 0.243 e. The maximum absolute atomic E-state index is 4.52. The summed E-state index contributed by atoms with van der Waals surface area (Å²) in [4.78, 5) is 6.89. The summed E-state index contributed by atoms with van der Waals surface area (Å²) in [6.07, 6.45) is 3.19. The number of nitrogens with zero attached hydrogens (tertiary/aromatic N) is 4. The summed E-state index contributed by atoms with van der Waals surface area (Å²) in [5.41, 5.74) is 2.09. The average Bonchev–Trinajstić information content (AvgIpc) is 2.93. The van der Waals surface area contributed by atoms with Crippen molar-refractivity contribution in [3.8, 4) is 0 Å². The molecule has 5 heteroatoms. The number of aromatic nitrogens is 3. The van der Waals surface area contributed by atoms with Gasteiger partial charge in [0.2, 0.25) is 5.95 Å². The molecule has 2 aromatic rings. The number of fused-ring (bicyclic) bond motifs is 1. The average molecular weight is 245 g/mol. The largest absolute Gasteiger partial charge is 0.353 e. The van der Waals surface area contributed by atoms with Crippen LogP contribution in [-0.4, -0.2) is 46.2 Å². The van der Waals surface area contributed by atoms with Crippen LogP contribution >= 0.6 is 0 Å². The quantitative estimate of drug-likeness (QED) is 0.888. The fourth-order valence-electron chi connectivity index (χ4n) is 2.54. The number of hydrogen-bond donors (Lipinski definition) is 1. The summed E-state index contributed by atoms with van der Waals surface area (Å²) in [5, 5.41) is 7.79. The number of hydrogen-bond acceptors (Lipinski definition) is 4. The van der Waals surface area contributed by atoms with Crippen LogP contribution < -0.4 is 5.32 Å². The lowest BCUT2D eigenvalue weighted by Crippen LogP contribution is -2.19. The van der Waals surface area contributed by atoms with Crippen molar-refractivity contribution in [2.45, 2.75) is 13.3 Å². The zero-order valence-electron chi connectivity index (χ0n) is 10.9. The van der Waals surface area contributed by atoms with E-state index in [1.807, 2.05) is 16.8 Å². The van der Waals surface area contributed by atoms with Gasteiger partial charge in [0, 0.05) is 19.3 Å². The molecule has 3 rings (SSSR count). The molecule has 0 saturated carbocycles. The molecule has 1 N–H and O–H groups in total. The Morgan fingerprint density at radius 3 is 3.11 bits per heavy atom. The lowest BCUT2D eigenvalue weighted by atomic mass is 10.1. The molecule has 5 nitrogen and oxygen atoms in total. The molecule has 0 amide bonds. The van der Waals surface area contributed by atoms with Crippen molar-refractivity contribution in [1.29, 1.82) is 0 Å². The molecule has 0 bridgehead atoms. The second-order valence-corrected chi connectivity index (χ2v) is 5.19. The molecule has 0 aromatic carbocycles. The first-order chi connectivity index (χ1) is 8.72. The molecule has 1 atom stereocenters. The van der Waals surface area contributed by atoms with Gasteiger partial charge in [-0.3, -0.25) is 0 Å². The van der Waals surface area contributed by atoms with Crippen molar-refractivity contribution in [2.24, 2.45) is 5.92 Å². The molecule has 0 spiro atoms. The normalized spacial score (nSPS) is 20.7. The van der Waals surface area contributed by atoms with Gasteiger partial charge in [0.05, 0.1) is 0 Å². The van der Waals surface area contributed by atoms with Crippen LogP contribution in [0.3, 0.4) is 0 Å². The van der Waals surface area contributed by atoms with E-state index in [0.717, 1.165) is 23.7 Å². The molecule has 96 valence electrons. The second kappa shape index (κ2) is 4.57. The van der Waals surface area contributed by atoms with Crippen molar-refractivity contribution in [3.63, 3.8) is 0 Å². The Morgan fingerprint density at radius 1 is 1.50 bits per heavy atom. The summed E-state index contributed by atoms with van der Waals surface area (Å²) in [5.74, 6) is 1.45. The molecule has 3 heterocycles. The van der Waals surface area contributed by atoms with Crippen LogP contribution in [0.15, 0.2) is 18.3 Å². The number of nitrogens with one attached hydrogen (secondary N) is 1. The van der Waals surface area contributed by atoms with E-state index in [1.165, 1.54) is 19.5 Å². The highest BCUT2D eigenvalue weighted by atomic mass is 15.3. The number of pyridine rings is 1. The Labute approximate surface area is 107 Å². The second-order valence-electron chi connectivity index (χ2n) is 5.19. The van der Waals surface area contributed by atoms with Gasteiger partial charge in [-0.05, 0) is 44.5 Å². The lowest BCUT2D eigenvalue weighted by molar-refractivity contribution is 0.399. The minimum Gasteiger partial charge on any atom is -0.353 e. The van der Waals surface area contributed by atoms with Crippen molar-refractivity contribution in [1.82, 2.24) is 19.5 Å². The summed E-state index contributed by atoms with van der Waals surface area (Å²) in [7, 11) is 2.17. The van der Waals surface area contributed by atoms with Gasteiger partial charge in [-0.2, -0.15) is 4.98 Å².